The van der Waals surface area contributed by atoms with E-state index >= 15 is 0 Å². The average molecular weight is 422 g/mol. The Morgan fingerprint density at radius 2 is 2.03 bits per heavy atom. The number of anilines is 1. The highest BCUT2D eigenvalue weighted by Gasteiger charge is 2.18. The molecule has 0 fully saturated rings. The summed E-state index contributed by atoms with van der Waals surface area (Å²) in [4.78, 5) is 17.6. The Labute approximate surface area is 174 Å². The fourth-order valence-electron chi connectivity index (χ4n) is 3.40. The van der Waals surface area contributed by atoms with Crippen LogP contribution in [-0.2, 0) is 6.54 Å². The summed E-state index contributed by atoms with van der Waals surface area (Å²) >= 11 is 3.03. The van der Waals surface area contributed by atoms with Crippen molar-refractivity contribution in [2.75, 3.05) is 5.32 Å². The van der Waals surface area contributed by atoms with Gasteiger partial charge in [0.15, 0.2) is 5.13 Å². The monoisotopic (exact) mass is 421 g/mol. The number of amides is 1. The molecule has 4 nitrogen and oxygen atoms in total. The molecule has 0 aliphatic carbocycles. The third-order valence-corrected chi connectivity index (χ3v) is 6.54. The van der Waals surface area contributed by atoms with Gasteiger partial charge in [0.1, 0.15) is 11.5 Å². The van der Waals surface area contributed by atoms with Gasteiger partial charge in [0.05, 0.1) is 20.4 Å². The number of nitrogens with one attached hydrogen (secondary N) is 1. The Morgan fingerprint density at radius 1 is 1.14 bits per heavy atom. The smallest absolute Gasteiger partial charge is 0.274 e. The van der Waals surface area contributed by atoms with Crippen molar-refractivity contribution in [3.8, 4) is 0 Å². The van der Waals surface area contributed by atoms with Gasteiger partial charge in [0.25, 0.3) is 5.91 Å². The molecule has 0 spiro atoms. The van der Waals surface area contributed by atoms with E-state index in [1.807, 2.05) is 47.2 Å². The predicted octanol–water partition coefficient (Wildman–Crippen LogP) is 6.06. The van der Waals surface area contributed by atoms with Crippen molar-refractivity contribution in [3.63, 3.8) is 0 Å². The molecular weight excluding hydrogens is 405 g/mol. The minimum atomic E-state index is -0.285. The molecule has 29 heavy (non-hydrogen) atoms. The normalized spacial score (nSPS) is 11.4. The second kappa shape index (κ2) is 7.09. The second-order valence-corrected chi connectivity index (χ2v) is 8.84. The third kappa shape index (κ3) is 3.43. The van der Waals surface area contributed by atoms with Crippen LogP contribution < -0.4 is 5.32 Å². The number of hydrogen-bond donors (Lipinski definition) is 1. The second-order valence-electron chi connectivity index (χ2n) is 6.86. The van der Waals surface area contributed by atoms with Crippen LogP contribution in [0.5, 0.6) is 0 Å². The van der Waals surface area contributed by atoms with Gasteiger partial charge >= 0.3 is 0 Å². The lowest BCUT2D eigenvalue weighted by atomic mass is 10.2. The lowest BCUT2D eigenvalue weighted by molar-refractivity contribution is 0.101. The van der Waals surface area contributed by atoms with Crippen LogP contribution in [0.25, 0.3) is 20.4 Å². The number of rotatable bonds is 4. The fraction of sp³-hybridized carbons (Fsp3) is 0.0909. The maximum Gasteiger partial charge on any atom is 0.274 e. The van der Waals surface area contributed by atoms with Gasteiger partial charge in [-0.15, -0.1) is 11.3 Å². The van der Waals surface area contributed by atoms with Gasteiger partial charge in [-0.3, -0.25) is 10.1 Å². The molecule has 0 saturated heterocycles. The number of aryl methyl sites for hydroxylation is 1. The van der Waals surface area contributed by atoms with Crippen molar-refractivity contribution >= 4 is 54.1 Å². The average Bonchev–Trinajstić information content (AvgIpc) is 3.37. The Hall–Kier alpha value is -3.03. The van der Waals surface area contributed by atoms with Gasteiger partial charge in [-0.05, 0) is 59.8 Å². The number of benzene rings is 2. The van der Waals surface area contributed by atoms with E-state index in [0.29, 0.717) is 17.4 Å². The van der Waals surface area contributed by atoms with E-state index in [9.17, 15) is 9.18 Å². The summed E-state index contributed by atoms with van der Waals surface area (Å²) in [6.07, 6.45) is 0. The highest BCUT2D eigenvalue weighted by molar-refractivity contribution is 7.22. The Balaban J connectivity index is 1.50. The summed E-state index contributed by atoms with van der Waals surface area (Å²) in [7, 11) is 0. The van der Waals surface area contributed by atoms with Crippen LogP contribution >= 0.6 is 22.7 Å². The van der Waals surface area contributed by atoms with Crippen molar-refractivity contribution < 1.29 is 9.18 Å². The number of aromatic nitrogens is 2. The van der Waals surface area contributed by atoms with E-state index in [2.05, 4.69) is 16.4 Å². The quantitative estimate of drug-likeness (QED) is 0.383. The number of thiazole rings is 1. The summed E-state index contributed by atoms with van der Waals surface area (Å²) in [6.45, 7) is 2.45. The molecule has 0 aliphatic rings. The zero-order chi connectivity index (χ0) is 20.0. The molecule has 7 heteroatoms. The number of carbonyl (C=O) groups is 1. The van der Waals surface area contributed by atoms with Gasteiger partial charge in [-0.1, -0.05) is 29.5 Å². The lowest BCUT2D eigenvalue weighted by Crippen LogP contribution is -2.17. The van der Waals surface area contributed by atoms with Gasteiger partial charge in [0.2, 0.25) is 0 Å². The summed E-state index contributed by atoms with van der Waals surface area (Å²) in [6, 6.07) is 16.3. The highest BCUT2D eigenvalue weighted by atomic mass is 32.1. The number of hydrogen-bond acceptors (Lipinski definition) is 4. The first-order valence-corrected chi connectivity index (χ1v) is 10.8. The third-order valence-electron chi connectivity index (χ3n) is 4.75. The van der Waals surface area contributed by atoms with Crippen molar-refractivity contribution in [1.82, 2.24) is 9.55 Å². The van der Waals surface area contributed by atoms with E-state index < -0.39 is 0 Å². The number of carbonyl (C=O) groups excluding carboxylic acids is 1. The molecule has 144 valence electrons. The van der Waals surface area contributed by atoms with Gasteiger partial charge in [-0.25, -0.2) is 9.37 Å². The van der Waals surface area contributed by atoms with Crippen LogP contribution in [0.15, 0.2) is 60.0 Å². The molecule has 1 N–H and O–H groups in total. The molecule has 1 amide bonds. The molecule has 0 aliphatic heterocycles. The van der Waals surface area contributed by atoms with Crippen molar-refractivity contribution in [1.29, 1.82) is 0 Å². The zero-order valence-corrected chi connectivity index (χ0v) is 17.1. The Morgan fingerprint density at radius 3 is 2.90 bits per heavy atom. The van der Waals surface area contributed by atoms with Crippen LogP contribution in [0.3, 0.4) is 0 Å². The summed E-state index contributed by atoms with van der Waals surface area (Å²) in [5, 5.41) is 5.49. The van der Waals surface area contributed by atoms with Crippen molar-refractivity contribution in [3.05, 3.63) is 82.6 Å². The summed E-state index contributed by atoms with van der Waals surface area (Å²) < 4.78 is 17.6. The van der Waals surface area contributed by atoms with E-state index in [4.69, 9.17) is 0 Å². The van der Waals surface area contributed by atoms with Crippen LogP contribution in [0.4, 0.5) is 9.52 Å². The predicted molar refractivity (Wildman–Crippen MR) is 118 cm³/mol. The molecule has 5 rings (SSSR count). The van der Waals surface area contributed by atoms with Crippen LogP contribution in [-0.4, -0.2) is 15.5 Å². The van der Waals surface area contributed by atoms with Crippen molar-refractivity contribution in [2.24, 2.45) is 0 Å². The number of fused-ring (bicyclic) bond motifs is 2. The van der Waals surface area contributed by atoms with E-state index in [1.54, 1.807) is 17.4 Å². The fourth-order valence-corrected chi connectivity index (χ4v) is 5.18. The lowest BCUT2D eigenvalue weighted by Gasteiger charge is -2.10. The van der Waals surface area contributed by atoms with Crippen molar-refractivity contribution in [2.45, 2.75) is 13.5 Å². The molecule has 2 aromatic carbocycles. The van der Waals surface area contributed by atoms with Gasteiger partial charge in [-0.2, -0.15) is 0 Å². The standard InChI is InChI=1S/C22H16FN3OS2/c1-13-5-6-16-19(9-13)29-22(24-16)25-21(27)18-11-20-17(7-8-28-20)26(18)12-14-3-2-4-15(23)10-14/h2-11H,12H2,1H3,(H,24,25,27). The molecule has 0 radical (unpaired) electrons. The summed E-state index contributed by atoms with van der Waals surface area (Å²) in [5.74, 6) is -0.507. The SMILES string of the molecule is Cc1ccc2nc(NC(=O)c3cc4sccc4n3Cc3cccc(F)c3)sc2c1. The Kier molecular flexibility index (Phi) is 4.41. The molecule has 0 bridgehead atoms. The minimum Gasteiger partial charge on any atom is -0.331 e. The largest absolute Gasteiger partial charge is 0.331 e. The molecular formula is C22H16FN3OS2. The van der Waals surface area contributed by atoms with E-state index in [1.165, 1.54) is 23.5 Å². The van der Waals surface area contributed by atoms with Crippen LogP contribution in [0.1, 0.15) is 21.6 Å². The minimum absolute atomic E-state index is 0.222. The maximum absolute atomic E-state index is 13.6. The first-order valence-electron chi connectivity index (χ1n) is 9.06. The number of nitrogens with zero attached hydrogens (tertiary/aromatic N) is 2. The molecule has 0 atom stereocenters. The van der Waals surface area contributed by atoms with Crippen LogP contribution in [0, 0.1) is 12.7 Å². The number of halogens is 1. The van der Waals surface area contributed by atoms with Gasteiger partial charge < -0.3 is 4.57 Å². The van der Waals surface area contributed by atoms with E-state index in [-0.39, 0.29) is 11.7 Å². The summed E-state index contributed by atoms with van der Waals surface area (Å²) in [5.41, 5.74) is 4.32. The molecule has 5 aromatic rings. The zero-order valence-electron chi connectivity index (χ0n) is 15.5. The van der Waals surface area contributed by atoms with Crippen LogP contribution in [0.2, 0.25) is 0 Å². The number of thiophene rings is 1. The topological polar surface area (TPSA) is 46.9 Å². The molecule has 0 saturated carbocycles. The van der Waals surface area contributed by atoms with Gasteiger partial charge in [0, 0.05) is 6.54 Å². The van der Waals surface area contributed by atoms with E-state index in [0.717, 1.165) is 31.6 Å². The molecule has 0 unspecified atom stereocenters. The first kappa shape index (κ1) is 18.0. The Bertz CT molecular complexity index is 1370. The first-order chi connectivity index (χ1) is 14.1. The maximum atomic E-state index is 13.6. The molecule has 3 aromatic heterocycles. The molecule has 3 heterocycles. The highest BCUT2D eigenvalue weighted by Crippen LogP contribution is 2.29.